The fourth-order valence-corrected chi connectivity index (χ4v) is 7.76. The summed E-state index contributed by atoms with van der Waals surface area (Å²) >= 11 is 0. The number of phosphoric acid groups is 1. The largest absolute Gasteiger partial charge is 0.474 e. The normalized spacial score (nSPS) is 13.3. The molecule has 1 amide bonds. The van der Waals surface area contributed by atoms with Gasteiger partial charge in [-0.1, -0.05) is 147 Å². The van der Waals surface area contributed by atoms with Gasteiger partial charge in [-0.2, -0.15) is 0 Å². The highest BCUT2D eigenvalue weighted by Gasteiger charge is 2.29. The van der Waals surface area contributed by atoms with E-state index in [0.717, 1.165) is 70.6 Å². The van der Waals surface area contributed by atoms with E-state index >= 15 is 0 Å². The van der Waals surface area contributed by atoms with Gasteiger partial charge in [-0.15, -0.1) is 0 Å². The maximum absolute atomic E-state index is 13.4. The van der Waals surface area contributed by atoms with Gasteiger partial charge in [0.05, 0.1) is 19.8 Å². The third-order valence-corrected chi connectivity index (χ3v) is 11.6. The molecule has 0 aliphatic rings. The molecule has 0 aromatic carbocycles. The molecule has 0 aliphatic heterocycles. The fraction of sp³-hybridized carbons (Fsp3) is 0.851. The molecule has 0 radical (unpaired) electrons. The Hall–Kier alpha value is -2.04. The SMILES string of the molecule is CCCCCCCCC=CCCCCCCCC(=O)OC[C@H](COP(=O)(OCCN)OCCCCCC(N)=O)OC(=O)CCCCCCCC=CCCCCCCCC. The number of allylic oxidation sites excluding steroid dienone is 4. The zero-order chi connectivity index (χ0) is 43.3. The number of phosphoric ester groups is 1. The average Bonchev–Trinajstić information content (AvgIpc) is 3.22. The zero-order valence-corrected chi connectivity index (χ0v) is 38.7. The Morgan fingerprint density at radius 3 is 1.37 bits per heavy atom. The van der Waals surface area contributed by atoms with Crippen LogP contribution in [0.4, 0.5) is 0 Å². The summed E-state index contributed by atoms with van der Waals surface area (Å²) in [6.07, 6.45) is 41.1. The van der Waals surface area contributed by atoms with Gasteiger partial charge in [0, 0.05) is 25.8 Å². The van der Waals surface area contributed by atoms with E-state index < -0.39 is 19.9 Å². The maximum atomic E-state index is 13.4. The molecule has 0 rings (SSSR count). The predicted octanol–water partition coefficient (Wildman–Crippen LogP) is 12.7. The molecule has 0 fully saturated rings. The minimum absolute atomic E-state index is 0.0610. The molecule has 59 heavy (non-hydrogen) atoms. The molecular weight excluding hydrogens is 767 g/mol. The minimum Gasteiger partial charge on any atom is -0.462 e. The van der Waals surface area contributed by atoms with Gasteiger partial charge < -0.3 is 20.9 Å². The van der Waals surface area contributed by atoms with E-state index in [2.05, 4.69) is 38.2 Å². The first-order valence-electron chi connectivity index (χ1n) is 23.9. The Morgan fingerprint density at radius 2 is 0.898 bits per heavy atom. The maximum Gasteiger partial charge on any atom is 0.474 e. The molecule has 1 unspecified atom stereocenters. The number of amides is 1. The second-order valence-electron chi connectivity index (χ2n) is 15.9. The summed E-state index contributed by atoms with van der Waals surface area (Å²) in [5.41, 5.74) is 10.8. The second-order valence-corrected chi connectivity index (χ2v) is 17.6. The van der Waals surface area contributed by atoms with Crippen LogP contribution in [0.25, 0.3) is 0 Å². The van der Waals surface area contributed by atoms with Crippen LogP contribution in [0.2, 0.25) is 0 Å². The standard InChI is InChI=1S/C47H89N2O9P/c1-3-5-7-9-11-13-15-17-19-21-23-25-27-29-33-37-46(51)54-42-44(43-57-59(53,56-41-39-48)55-40-35-31-32-36-45(49)50)58-47(52)38-34-30-28-26-24-22-20-18-16-14-12-10-8-6-4-2/h17-20,44H,3-16,21-43,48H2,1-2H3,(H2,49,50)/t44-,59?/m1/s1. The Kier molecular flexibility index (Phi) is 42.5. The molecule has 0 bridgehead atoms. The van der Waals surface area contributed by atoms with Gasteiger partial charge in [0.2, 0.25) is 5.91 Å². The van der Waals surface area contributed by atoms with Crippen LogP contribution in [0, 0.1) is 0 Å². The molecule has 0 heterocycles. The summed E-state index contributed by atoms with van der Waals surface area (Å²) in [5, 5.41) is 0. The number of carbonyl (C=O) groups excluding carboxylic acids is 3. The highest BCUT2D eigenvalue weighted by atomic mass is 31.2. The number of primary amides is 1. The zero-order valence-electron chi connectivity index (χ0n) is 37.8. The molecule has 12 heteroatoms. The van der Waals surface area contributed by atoms with Gasteiger partial charge in [0.1, 0.15) is 6.61 Å². The van der Waals surface area contributed by atoms with Crippen molar-refractivity contribution in [3.8, 4) is 0 Å². The van der Waals surface area contributed by atoms with Gasteiger partial charge in [-0.05, 0) is 77.0 Å². The predicted molar refractivity (Wildman–Crippen MR) is 242 cm³/mol. The summed E-state index contributed by atoms with van der Waals surface area (Å²) in [7, 11) is -4.06. The highest BCUT2D eigenvalue weighted by molar-refractivity contribution is 7.48. The summed E-state index contributed by atoms with van der Waals surface area (Å²) < 4.78 is 41.0. The number of nitrogens with two attached hydrogens (primary N) is 2. The molecule has 0 aromatic rings. The van der Waals surface area contributed by atoms with Crippen LogP contribution in [0.15, 0.2) is 24.3 Å². The Balaban J connectivity index is 4.69. The number of carbonyl (C=O) groups is 3. The minimum atomic E-state index is -4.06. The van der Waals surface area contributed by atoms with Gasteiger partial charge >= 0.3 is 19.8 Å². The topological polar surface area (TPSA) is 166 Å². The first kappa shape index (κ1) is 57.0. The van der Waals surface area contributed by atoms with Crippen LogP contribution in [0.5, 0.6) is 0 Å². The number of hydrogen-bond acceptors (Lipinski definition) is 10. The van der Waals surface area contributed by atoms with Crippen molar-refractivity contribution < 1.29 is 42.0 Å². The van der Waals surface area contributed by atoms with Gasteiger partial charge in [-0.25, -0.2) is 4.57 Å². The lowest BCUT2D eigenvalue weighted by atomic mass is 10.1. The summed E-state index contributed by atoms with van der Waals surface area (Å²) in [4.78, 5) is 36.5. The van der Waals surface area contributed by atoms with Crippen LogP contribution >= 0.6 is 7.82 Å². The summed E-state index contributed by atoms with van der Waals surface area (Å²) in [5.74, 6) is -1.19. The number of hydrogen-bond donors (Lipinski definition) is 2. The van der Waals surface area contributed by atoms with Crippen molar-refractivity contribution >= 4 is 25.7 Å². The Morgan fingerprint density at radius 1 is 0.492 bits per heavy atom. The monoisotopic (exact) mass is 857 g/mol. The number of rotatable bonds is 46. The van der Waals surface area contributed by atoms with Crippen LogP contribution in [0.1, 0.15) is 219 Å². The van der Waals surface area contributed by atoms with Crippen molar-refractivity contribution in [2.24, 2.45) is 11.5 Å². The van der Waals surface area contributed by atoms with Gasteiger partial charge in [0.15, 0.2) is 6.10 Å². The van der Waals surface area contributed by atoms with E-state index in [1.807, 2.05) is 0 Å². The van der Waals surface area contributed by atoms with Crippen LogP contribution < -0.4 is 11.5 Å². The third kappa shape index (κ3) is 42.4. The van der Waals surface area contributed by atoms with Crippen LogP contribution in [-0.2, 0) is 42.0 Å². The molecule has 0 spiro atoms. The molecule has 2 atom stereocenters. The molecule has 0 saturated carbocycles. The smallest absolute Gasteiger partial charge is 0.462 e. The number of esters is 2. The van der Waals surface area contributed by atoms with Crippen LogP contribution in [-0.4, -0.2) is 56.9 Å². The van der Waals surface area contributed by atoms with Gasteiger partial charge in [0.25, 0.3) is 0 Å². The molecule has 0 saturated heterocycles. The lowest BCUT2D eigenvalue weighted by Crippen LogP contribution is -2.30. The van der Waals surface area contributed by atoms with Crippen molar-refractivity contribution in [2.75, 3.05) is 33.0 Å². The van der Waals surface area contributed by atoms with Crippen molar-refractivity contribution in [3.63, 3.8) is 0 Å². The molecule has 11 nitrogen and oxygen atoms in total. The van der Waals surface area contributed by atoms with Gasteiger partial charge in [-0.3, -0.25) is 28.0 Å². The summed E-state index contributed by atoms with van der Waals surface area (Å²) in [6, 6.07) is 0. The van der Waals surface area contributed by atoms with E-state index in [9.17, 15) is 18.9 Å². The first-order chi connectivity index (χ1) is 28.8. The summed E-state index contributed by atoms with van der Waals surface area (Å²) in [6.45, 7) is 4.01. The lowest BCUT2D eigenvalue weighted by Gasteiger charge is -2.22. The molecule has 0 aromatic heterocycles. The number of ether oxygens (including phenoxy) is 2. The second kappa shape index (κ2) is 44.0. The van der Waals surface area contributed by atoms with E-state index in [1.165, 1.54) is 89.9 Å². The molecule has 0 aliphatic carbocycles. The van der Waals surface area contributed by atoms with E-state index in [-0.39, 0.29) is 64.1 Å². The lowest BCUT2D eigenvalue weighted by molar-refractivity contribution is -0.161. The molecule has 346 valence electrons. The fourth-order valence-electron chi connectivity index (χ4n) is 6.50. The van der Waals surface area contributed by atoms with E-state index in [1.54, 1.807) is 0 Å². The Labute approximate surface area is 360 Å². The average molecular weight is 857 g/mol. The number of unbranched alkanes of at least 4 members (excludes halogenated alkanes) is 24. The van der Waals surface area contributed by atoms with Crippen molar-refractivity contribution in [1.29, 1.82) is 0 Å². The first-order valence-corrected chi connectivity index (χ1v) is 25.4. The third-order valence-electron chi connectivity index (χ3n) is 10.1. The van der Waals surface area contributed by atoms with Crippen LogP contribution in [0.3, 0.4) is 0 Å². The van der Waals surface area contributed by atoms with Crippen molar-refractivity contribution in [2.45, 2.75) is 225 Å². The van der Waals surface area contributed by atoms with E-state index in [0.29, 0.717) is 25.7 Å². The quantitative estimate of drug-likeness (QED) is 0.0260. The molecule has 4 N–H and O–H groups in total. The Bertz CT molecular complexity index is 1090. The molecular formula is C47H89N2O9P. The van der Waals surface area contributed by atoms with Crippen molar-refractivity contribution in [1.82, 2.24) is 0 Å². The van der Waals surface area contributed by atoms with E-state index in [4.69, 9.17) is 34.5 Å². The highest BCUT2D eigenvalue weighted by Crippen LogP contribution is 2.49. The van der Waals surface area contributed by atoms with Crippen molar-refractivity contribution in [3.05, 3.63) is 24.3 Å².